The first-order valence-electron chi connectivity index (χ1n) is 8.29. The highest BCUT2D eigenvalue weighted by Gasteiger charge is 2.30. The maximum atomic E-state index is 11.8. The summed E-state index contributed by atoms with van der Waals surface area (Å²) in [6, 6.07) is 7.50. The summed E-state index contributed by atoms with van der Waals surface area (Å²) in [5, 5.41) is 9.83. The summed E-state index contributed by atoms with van der Waals surface area (Å²) < 4.78 is 12.5. The van der Waals surface area contributed by atoms with Gasteiger partial charge in [-0.3, -0.25) is 4.79 Å². The Morgan fingerprint density at radius 3 is 2.84 bits per heavy atom. The molecule has 134 valence electrons. The number of rotatable bonds is 8. The smallest absolute Gasteiger partial charge is 0.319 e. The van der Waals surface area contributed by atoms with Gasteiger partial charge in [0.15, 0.2) is 11.0 Å². The lowest BCUT2D eigenvalue weighted by atomic mass is 10.2. The Morgan fingerprint density at radius 2 is 2.16 bits per heavy atom. The zero-order valence-corrected chi connectivity index (χ0v) is 15.6. The fourth-order valence-electron chi connectivity index (χ4n) is 2.57. The summed E-state index contributed by atoms with van der Waals surface area (Å²) in [5.41, 5.74) is 0.939. The number of benzene rings is 1. The summed E-state index contributed by atoms with van der Waals surface area (Å²) in [6.07, 6.45) is 1.54. The number of carbonyl (C=O) groups excluding carboxylic acids is 1. The fraction of sp³-hybridized carbons (Fsp3) is 0.471. The third kappa shape index (κ3) is 4.54. The van der Waals surface area contributed by atoms with Crippen LogP contribution in [0.15, 0.2) is 29.4 Å². The second-order valence-electron chi connectivity index (χ2n) is 5.58. The molecule has 1 aliphatic heterocycles. The van der Waals surface area contributed by atoms with Crippen molar-refractivity contribution >= 4 is 29.3 Å². The van der Waals surface area contributed by atoms with Crippen molar-refractivity contribution < 1.29 is 14.3 Å². The van der Waals surface area contributed by atoms with E-state index in [1.165, 1.54) is 11.8 Å². The topological polar surface area (TPSA) is 66.2 Å². The second kappa shape index (κ2) is 8.69. The van der Waals surface area contributed by atoms with Crippen LogP contribution in [-0.4, -0.2) is 45.8 Å². The van der Waals surface area contributed by atoms with Gasteiger partial charge >= 0.3 is 5.97 Å². The van der Waals surface area contributed by atoms with E-state index in [2.05, 4.69) is 10.2 Å². The Morgan fingerprint density at radius 1 is 1.36 bits per heavy atom. The molecule has 0 bridgehead atoms. The number of hydrogen-bond acceptors (Lipinski definition) is 6. The molecule has 0 saturated carbocycles. The zero-order valence-electron chi connectivity index (χ0n) is 14.0. The molecule has 0 radical (unpaired) electrons. The van der Waals surface area contributed by atoms with Crippen LogP contribution in [0.5, 0.6) is 0 Å². The summed E-state index contributed by atoms with van der Waals surface area (Å²) in [5.74, 6) is 0.587. The van der Waals surface area contributed by atoms with Gasteiger partial charge < -0.3 is 14.0 Å². The molecule has 0 aliphatic carbocycles. The van der Waals surface area contributed by atoms with E-state index < -0.39 is 0 Å². The molecular formula is C17H20ClN3O3S. The monoisotopic (exact) mass is 381 g/mol. The summed E-state index contributed by atoms with van der Waals surface area (Å²) in [4.78, 5) is 11.8. The maximum absolute atomic E-state index is 11.8. The lowest BCUT2D eigenvalue weighted by Crippen LogP contribution is -2.12. The number of aromatic nitrogens is 3. The normalized spacial score (nSPS) is 17.0. The first-order chi connectivity index (χ1) is 12.2. The average molecular weight is 382 g/mol. The number of carbonyl (C=O) groups is 1. The third-order valence-electron chi connectivity index (χ3n) is 3.83. The lowest BCUT2D eigenvalue weighted by Gasteiger charge is -2.11. The van der Waals surface area contributed by atoms with E-state index in [1.54, 1.807) is 0 Å². The number of nitrogens with zero attached hydrogens (tertiary/aromatic N) is 3. The Labute approximate surface area is 155 Å². The van der Waals surface area contributed by atoms with Crippen LogP contribution in [-0.2, 0) is 20.8 Å². The van der Waals surface area contributed by atoms with Gasteiger partial charge in [0.25, 0.3) is 0 Å². The number of esters is 1. The van der Waals surface area contributed by atoms with Crippen LogP contribution in [0.25, 0.3) is 11.4 Å². The van der Waals surface area contributed by atoms with Crippen LogP contribution >= 0.6 is 23.4 Å². The summed E-state index contributed by atoms with van der Waals surface area (Å²) in [6.45, 7) is 4.53. The van der Waals surface area contributed by atoms with E-state index in [4.69, 9.17) is 21.1 Å². The van der Waals surface area contributed by atoms with Gasteiger partial charge in [0.2, 0.25) is 0 Å². The van der Waals surface area contributed by atoms with Crippen molar-refractivity contribution in [1.82, 2.24) is 14.8 Å². The van der Waals surface area contributed by atoms with Crippen LogP contribution in [0.3, 0.4) is 0 Å². The molecule has 2 aromatic rings. The number of cyclic esters (lactones) is 1. The predicted molar refractivity (Wildman–Crippen MR) is 96.8 cm³/mol. The minimum absolute atomic E-state index is 0.179. The van der Waals surface area contributed by atoms with Crippen molar-refractivity contribution in [2.45, 2.75) is 36.7 Å². The standard InChI is InChI=1S/C17H20ClN3O3S/c1-2-23-10-3-9-21-15(12-4-6-13(18)7-5-12)19-20-17(21)25-14-8-11-24-16(14)22/h4-7,14H,2-3,8-11H2,1H3. The van der Waals surface area contributed by atoms with Gasteiger partial charge in [-0.2, -0.15) is 0 Å². The van der Waals surface area contributed by atoms with Gasteiger partial charge in [0, 0.05) is 36.8 Å². The van der Waals surface area contributed by atoms with E-state index in [-0.39, 0.29) is 11.2 Å². The quantitative estimate of drug-likeness (QED) is 0.515. The Balaban J connectivity index is 1.83. The van der Waals surface area contributed by atoms with E-state index in [0.29, 0.717) is 31.3 Å². The zero-order chi connectivity index (χ0) is 17.6. The van der Waals surface area contributed by atoms with E-state index in [1.807, 2.05) is 35.8 Å². The number of hydrogen-bond donors (Lipinski definition) is 0. The molecule has 3 rings (SSSR count). The highest BCUT2D eigenvalue weighted by Crippen LogP contribution is 2.31. The van der Waals surface area contributed by atoms with Crippen molar-refractivity contribution in [3.8, 4) is 11.4 Å². The summed E-state index contributed by atoms with van der Waals surface area (Å²) >= 11 is 7.39. The van der Waals surface area contributed by atoms with Gasteiger partial charge in [-0.05, 0) is 37.6 Å². The van der Waals surface area contributed by atoms with Crippen molar-refractivity contribution in [1.29, 1.82) is 0 Å². The molecular weight excluding hydrogens is 362 g/mol. The molecule has 8 heteroatoms. The molecule has 0 N–H and O–H groups in total. The molecule has 2 heterocycles. The number of ether oxygens (including phenoxy) is 2. The Hall–Kier alpha value is -1.57. The van der Waals surface area contributed by atoms with Crippen molar-refractivity contribution in [3.63, 3.8) is 0 Å². The molecule has 1 aromatic carbocycles. The van der Waals surface area contributed by atoms with Crippen LogP contribution in [0, 0.1) is 0 Å². The first-order valence-corrected chi connectivity index (χ1v) is 9.55. The predicted octanol–water partition coefficient (Wildman–Crippen LogP) is 3.43. The largest absolute Gasteiger partial charge is 0.465 e. The lowest BCUT2D eigenvalue weighted by molar-refractivity contribution is -0.137. The SMILES string of the molecule is CCOCCCn1c(SC2CCOC2=O)nnc1-c1ccc(Cl)cc1. The number of thioether (sulfide) groups is 1. The van der Waals surface area contributed by atoms with Gasteiger partial charge in [0.05, 0.1) is 6.61 Å². The van der Waals surface area contributed by atoms with Crippen molar-refractivity contribution in [2.24, 2.45) is 0 Å². The third-order valence-corrected chi connectivity index (χ3v) is 5.31. The highest BCUT2D eigenvalue weighted by atomic mass is 35.5. The molecule has 25 heavy (non-hydrogen) atoms. The molecule has 6 nitrogen and oxygen atoms in total. The minimum atomic E-state index is -0.215. The molecule has 1 aromatic heterocycles. The molecule has 0 spiro atoms. The van der Waals surface area contributed by atoms with Crippen LogP contribution in [0.4, 0.5) is 0 Å². The number of halogens is 1. The van der Waals surface area contributed by atoms with Crippen LogP contribution in [0.2, 0.25) is 5.02 Å². The van der Waals surface area contributed by atoms with Crippen molar-refractivity contribution in [2.75, 3.05) is 19.8 Å². The molecule has 0 amide bonds. The first kappa shape index (κ1) is 18.2. The van der Waals surface area contributed by atoms with E-state index in [0.717, 1.165) is 29.5 Å². The molecule has 1 saturated heterocycles. The maximum Gasteiger partial charge on any atom is 0.319 e. The van der Waals surface area contributed by atoms with Gasteiger partial charge in [-0.25, -0.2) is 0 Å². The van der Waals surface area contributed by atoms with Crippen LogP contribution < -0.4 is 0 Å². The second-order valence-corrected chi connectivity index (χ2v) is 7.18. The Kier molecular flexibility index (Phi) is 6.34. The highest BCUT2D eigenvalue weighted by molar-refractivity contribution is 8.00. The molecule has 1 unspecified atom stereocenters. The van der Waals surface area contributed by atoms with Crippen molar-refractivity contribution in [3.05, 3.63) is 29.3 Å². The van der Waals surface area contributed by atoms with Crippen LogP contribution in [0.1, 0.15) is 19.8 Å². The average Bonchev–Trinajstić information content (AvgIpc) is 3.20. The van der Waals surface area contributed by atoms with E-state index in [9.17, 15) is 4.79 Å². The Bertz CT molecular complexity index is 720. The molecule has 1 fully saturated rings. The van der Waals surface area contributed by atoms with Gasteiger partial charge in [0.1, 0.15) is 5.25 Å². The fourth-order valence-corrected chi connectivity index (χ4v) is 3.72. The minimum Gasteiger partial charge on any atom is -0.465 e. The van der Waals surface area contributed by atoms with Gasteiger partial charge in [-0.1, -0.05) is 23.4 Å². The van der Waals surface area contributed by atoms with Gasteiger partial charge in [-0.15, -0.1) is 10.2 Å². The van der Waals surface area contributed by atoms with E-state index >= 15 is 0 Å². The molecule has 1 atom stereocenters. The summed E-state index contributed by atoms with van der Waals surface area (Å²) in [7, 11) is 0. The molecule has 1 aliphatic rings.